The van der Waals surface area contributed by atoms with Crippen molar-refractivity contribution in [3.8, 4) is 0 Å². The highest BCUT2D eigenvalue weighted by Gasteiger charge is 2.12. The van der Waals surface area contributed by atoms with Gasteiger partial charge in [0.25, 0.3) is 0 Å². The highest BCUT2D eigenvalue weighted by molar-refractivity contribution is 14.1. The van der Waals surface area contributed by atoms with Gasteiger partial charge < -0.3 is 4.74 Å². The predicted octanol–water partition coefficient (Wildman–Crippen LogP) is 3.70. The molecule has 0 spiro atoms. The largest absolute Gasteiger partial charge is 0.458 e. The molecular formula is C12H15IO2. The number of carbonyl (C=O) groups excluding carboxylic acids is 1. The number of benzene rings is 1. The van der Waals surface area contributed by atoms with Crippen LogP contribution in [0.4, 0.5) is 0 Å². The van der Waals surface area contributed by atoms with Gasteiger partial charge in [-0.05, 0) is 42.0 Å². The minimum absolute atomic E-state index is 0.121. The van der Waals surface area contributed by atoms with E-state index in [-0.39, 0.29) is 12.1 Å². The zero-order valence-electron chi connectivity index (χ0n) is 9.00. The van der Waals surface area contributed by atoms with Crippen LogP contribution >= 0.6 is 22.6 Å². The van der Waals surface area contributed by atoms with E-state index in [1.165, 1.54) is 0 Å². The number of ether oxygens (including phenoxy) is 1. The third-order valence-corrected chi connectivity index (χ3v) is 3.09. The number of carbonyl (C=O) groups is 1. The molecule has 15 heavy (non-hydrogen) atoms. The number of hydrogen-bond acceptors (Lipinski definition) is 2. The normalized spacial score (nSPS) is 12.2. The lowest BCUT2D eigenvalue weighted by Crippen LogP contribution is -2.09. The van der Waals surface area contributed by atoms with E-state index in [4.69, 9.17) is 4.74 Å². The first kappa shape index (κ1) is 12.5. The summed E-state index contributed by atoms with van der Waals surface area (Å²) in [5, 5.41) is 0. The predicted molar refractivity (Wildman–Crippen MR) is 68.6 cm³/mol. The molecule has 0 fully saturated rings. The maximum Gasteiger partial charge on any atom is 0.306 e. The molecule has 0 amide bonds. The van der Waals surface area contributed by atoms with Crippen LogP contribution in [0.25, 0.3) is 0 Å². The summed E-state index contributed by atoms with van der Waals surface area (Å²) < 4.78 is 6.45. The standard InChI is InChI=1S/C12H15IO2/c1-3-6-12(14)15-9(2)10-7-4-5-8-11(10)13/h4-5,7-9H,3,6H2,1-2H3. The van der Waals surface area contributed by atoms with Gasteiger partial charge in [-0.2, -0.15) is 0 Å². The van der Waals surface area contributed by atoms with Gasteiger partial charge in [0.2, 0.25) is 0 Å². The maximum atomic E-state index is 11.3. The van der Waals surface area contributed by atoms with Crippen molar-refractivity contribution in [2.75, 3.05) is 0 Å². The van der Waals surface area contributed by atoms with Crippen LogP contribution in [0, 0.1) is 3.57 Å². The molecule has 1 aromatic carbocycles. The van der Waals surface area contributed by atoms with Crippen LogP contribution in [0.15, 0.2) is 24.3 Å². The molecule has 0 aliphatic heterocycles. The van der Waals surface area contributed by atoms with Crippen molar-refractivity contribution in [1.82, 2.24) is 0 Å². The first-order valence-corrected chi connectivity index (χ1v) is 6.17. The van der Waals surface area contributed by atoms with Crippen molar-refractivity contribution in [1.29, 1.82) is 0 Å². The summed E-state index contributed by atoms with van der Waals surface area (Å²) in [6.07, 6.45) is 1.17. The van der Waals surface area contributed by atoms with E-state index in [1.54, 1.807) is 0 Å². The number of rotatable bonds is 4. The fourth-order valence-electron chi connectivity index (χ4n) is 1.33. The first-order chi connectivity index (χ1) is 7.15. The Bertz CT molecular complexity index is 336. The summed E-state index contributed by atoms with van der Waals surface area (Å²) in [7, 11) is 0. The summed E-state index contributed by atoms with van der Waals surface area (Å²) in [5.41, 5.74) is 1.07. The zero-order chi connectivity index (χ0) is 11.3. The Morgan fingerprint density at radius 2 is 2.13 bits per heavy atom. The molecule has 0 heterocycles. The molecule has 0 aromatic heterocycles. The van der Waals surface area contributed by atoms with Crippen molar-refractivity contribution in [2.24, 2.45) is 0 Å². The lowest BCUT2D eigenvalue weighted by molar-refractivity contribution is -0.148. The van der Waals surface area contributed by atoms with Gasteiger partial charge in [-0.1, -0.05) is 25.1 Å². The van der Waals surface area contributed by atoms with E-state index in [9.17, 15) is 4.79 Å². The number of hydrogen-bond donors (Lipinski definition) is 0. The van der Waals surface area contributed by atoms with Crippen LogP contribution in [0.2, 0.25) is 0 Å². The van der Waals surface area contributed by atoms with E-state index in [0.717, 1.165) is 15.6 Å². The lowest BCUT2D eigenvalue weighted by atomic mass is 10.1. The SMILES string of the molecule is CCCC(=O)OC(C)c1ccccc1I. The van der Waals surface area contributed by atoms with E-state index >= 15 is 0 Å². The Balaban J connectivity index is 2.65. The molecule has 0 radical (unpaired) electrons. The van der Waals surface area contributed by atoms with Gasteiger partial charge in [0, 0.05) is 15.6 Å². The molecule has 1 rings (SSSR count). The Hall–Kier alpha value is -0.580. The van der Waals surface area contributed by atoms with Crippen LogP contribution in [0.3, 0.4) is 0 Å². The first-order valence-electron chi connectivity index (χ1n) is 5.09. The topological polar surface area (TPSA) is 26.3 Å². The number of halogens is 1. The van der Waals surface area contributed by atoms with Crippen LogP contribution in [0.5, 0.6) is 0 Å². The summed E-state index contributed by atoms with van der Waals surface area (Å²) in [5.74, 6) is -0.121. The van der Waals surface area contributed by atoms with Gasteiger partial charge >= 0.3 is 5.97 Å². The van der Waals surface area contributed by atoms with Crippen LogP contribution < -0.4 is 0 Å². The van der Waals surface area contributed by atoms with Crippen molar-refractivity contribution in [3.63, 3.8) is 0 Å². The molecule has 2 nitrogen and oxygen atoms in total. The van der Waals surface area contributed by atoms with Gasteiger partial charge in [0.05, 0.1) is 0 Å². The van der Waals surface area contributed by atoms with Gasteiger partial charge in [-0.15, -0.1) is 0 Å². The Labute approximate surface area is 104 Å². The molecule has 1 aromatic rings. The molecule has 0 aliphatic rings. The summed E-state index contributed by atoms with van der Waals surface area (Å²) in [6, 6.07) is 7.94. The van der Waals surface area contributed by atoms with Crippen molar-refractivity contribution in [2.45, 2.75) is 32.8 Å². The molecule has 82 valence electrons. The van der Waals surface area contributed by atoms with Crippen LogP contribution in [0.1, 0.15) is 38.4 Å². The third kappa shape index (κ3) is 3.81. The molecular weight excluding hydrogens is 303 g/mol. The van der Waals surface area contributed by atoms with Gasteiger partial charge in [0.15, 0.2) is 0 Å². The monoisotopic (exact) mass is 318 g/mol. The zero-order valence-corrected chi connectivity index (χ0v) is 11.2. The smallest absolute Gasteiger partial charge is 0.306 e. The van der Waals surface area contributed by atoms with Crippen molar-refractivity contribution in [3.05, 3.63) is 33.4 Å². The summed E-state index contributed by atoms with van der Waals surface area (Å²) in [6.45, 7) is 3.88. The minimum atomic E-state index is -0.155. The van der Waals surface area contributed by atoms with E-state index < -0.39 is 0 Å². The second-order valence-corrected chi connectivity index (χ2v) is 4.57. The second-order valence-electron chi connectivity index (χ2n) is 3.40. The summed E-state index contributed by atoms with van der Waals surface area (Å²) in [4.78, 5) is 11.3. The molecule has 0 N–H and O–H groups in total. The van der Waals surface area contributed by atoms with E-state index in [2.05, 4.69) is 22.6 Å². The lowest BCUT2D eigenvalue weighted by Gasteiger charge is -2.14. The Kier molecular flexibility index (Phi) is 5.08. The van der Waals surface area contributed by atoms with E-state index in [0.29, 0.717) is 6.42 Å². The highest BCUT2D eigenvalue weighted by Crippen LogP contribution is 2.22. The Morgan fingerprint density at radius 1 is 1.47 bits per heavy atom. The average Bonchev–Trinajstić information content (AvgIpc) is 2.18. The highest BCUT2D eigenvalue weighted by atomic mass is 127. The third-order valence-electron chi connectivity index (χ3n) is 2.11. The van der Waals surface area contributed by atoms with E-state index in [1.807, 2.05) is 38.1 Å². The number of esters is 1. The minimum Gasteiger partial charge on any atom is -0.458 e. The fourth-order valence-corrected chi connectivity index (χ4v) is 2.15. The van der Waals surface area contributed by atoms with Crippen molar-refractivity contribution < 1.29 is 9.53 Å². The van der Waals surface area contributed by atoms with Gasteiger partial charge in [-0.3, -0.25) is 4.79 Å². The molecule has 0 aliphatic carbocycles. The molecule has 0 saturated heterocycles. The average molecular weight is 318 g/mol. The maximum absolute atomic E-state index is 11.3. The van der Waals surface area contributed by atoms with Crippen LogP contribution in [-0.4, -0.2) is 5.97 Å². The Morgan fingerprint density at radius 3 is 2.73 bits per heavy atom. The fraction of sp³-hybridized carbons (Fsp3) is 0.417. The quantitative estimate of drug-likeness (QED) is 0.625. The van der Waals surface area contributed by atoms with Crippen LogP contribution in [-0.2, 0) is 9.53 Å². The summed E-state index contributed by atoms with van der Waals surface area (Å²) >= 11 is 2.25. The van der Waals surface area contributed by atoms with Gasteiger partial charge in [0.1, 0.15) is 6.10 Å². The second kappa shape index (κ2) is 6.10. The molecule has 1 atom stereocenters. The molecule has 0 bridgehead atoms. The molecule has 1 unspecified atom stereocenters. The molecule has 3 heteroatoms. The van der Waals surface area contributed by atoms with Gasteiger partial charge in [-0.25, -0.2) is 0 Å². The molecule has 0 saturated carbocycles. The van der Waals surface area contributed by atoms with Crippen molar-refractivity contribution >= 4 is 28.6 Å².